The minimum Gasteiger partial charge on any atom is -0.363 e. The van der Waals surface area contributed by atoms with E-state index in [2.05, 4.69) is 12.2 Å². The lowest BCUT2D eigenvalue weighted by molar-refractivity contribution is -0.384. The average Bonchev–Trinajstić information content (AvgIpc) is 2.28. The van der Waals surface area contributed by atoms with E-state index in [9.17, 15) is 10.1 Å². The smallest absolute Gasteiger partial charge is 0.294 e. The molecule has 17 heavy (non-hydrogen) atoms. The minimum absolute atomic E-state index is 0.0756. The van der Waals surface area contributed by atoms with E-state index >= 15 is 0 Å². The first-order chi connectivity index (χ1) is 8.08. The van der Waals surface area contributed by atoms with E-state index in [0.29, 0.717) is 16.8 Å². The van der Waals surface area contributed by atoms with Crippen LogP contribution >= 0.6 is 11.6 Å². The van der Waals surface area contributed by atoms with E-state index in [1.807, 2.05) is 4.90 Å². The van der Waals surface area contributed by atoms with Crippen LogP contribution in [0, 0.1) is 10.1 Å². The number of hydrogen-bond acceptors (Lipinski definition) is 4. The lowest BCUT2D eigenvalue weighted by Gasteiger charge is -2.33. The van der Waals surface area contributed by atoms with Crippen molar-refractivity contribution in [3.8, 4) is 0 Å². The fourth-order valence-corrected chi connectivity index (χ4v) is 2.23. The van der Waals surface area contributed by atoms with Gasteiger partial charge in [0.1, 0.15) is 5.69 Å². The van der Waals surface area contributed by atoms with Gasteiger partial charge in [-0.15, -0.1) is 0 Å². The standard InChI is InChI=1S/C11H14ClN3O2/c1-8-7-14(5-4-13-8)10-3-2-9(12)6-11(10)15(16)17/h2-3,6,8,13H,4-5,7H2,1H3/t8-/m1/s1. The van der Waals surface area contributed by atoms with Gasteiger partial charge in [0.2, 0.25) is 0 Å². The van der Waals surface area contributed by atoms with Crippen molar-refractivity contribution in [1.82, 2.24) is 5.32 Å². The first-order valence-electron chi connectivity index (χ1n) is 5.50. The molecule has 0 unspecified atom stereocenters. The van der Waals surface area contributed by atoms with Crippen molar-refractivity contribution < 1.29 is 4.92 Å². The summed E-state index contributed by atoms with van der Waals surface area (Å²) in [4.78, 5) is 12.6. The van der Waals surface area contributed by atoms with Crippen LogP contribution in [0.5, 0.6) is 0 Å². The Kier molecular flexibility index (Phi) is 3.49. The average molecular weight is 256 g/mol. The number of nitrogens with zero attached hydrogens (tertiary/aromatic N) is 2. The third-order valence-electron chi connectivity index (χ3n) is 2.84. The van der Waals surface area contributed by atoms with E-state index in [1.54, 1.807) is 12.1 Å². The molecule has 0 aliphatic carbocycles. The third kappa shape index (κ3) is 2.68. The molecule has 0 saturated carbocycles. The maximum Gasteiger partial charge on any atom is 0.294 e. The number of nitro benzene ring substituents is 1. The van der Waals surface area contributed by atoms with E-state index < -0.39 is 0 Å². The largest absolute Gasteiger partial charge is 0.363 e. The summed E-state index contributed by atoms with van der Waals surface area (Å²) in [7, 11) is 0. The first-order valence-corrected chi connectivity index (χ1v) is 5.88. The van der Waals surface area contributed by atoms with E-state index in [4.69, 9.17) is 11.6 Å². The Morgan fingerprint density at radius 2 is 2.35 bits per heavy atom. The van der Waals surface area contributed by atoms with Crippen molar-refractivity contribution in [2.45, 2.75) is 13.0 Å². The molecule has 0 bridgehead atoms. The number of piperazine rings is 1. The monoisotopic (exact) mass is 255 g/mol. The summed E-state index contributed by atoms with van der Waals surface area (Å²) in [6.07, 6.45) is 0. The quantitative estimate of drug-likeness (QED) is 0.649. The van der Waals surface area contributed by atoms with Gasteiger partial charge in [-0.1, -0.05) is 11.6 Å². The van der Waals surface area contributed by atoms with Gasteiger partial charge >= 0.3 is 0 Å². The van der Waals surface area contributed by atoms with Crippen LogP contribution in [0.2, 0.25) is 5.02 Å². The predicted octanol–water partition coefficient (Wildman–Crippen LogP) is 2.05. The van der Waals surface area contributed by atoms with Crippen LogP contribution < -0.4 is 10.2 Å². The van der Waals surface area contributed by atoms with Crippen LogP contribution in [0.3, 0.4) is 0 Å². The molecule has 6 heteroatoms. The molecule has 0 radical (unpaired) electrons. The summed E-state index contributed by atoms with van der Waals surface area (Å²) in [5, 5.41) is 14.7. The lowest BCUT2D eigenvalue weighted by atomic mass is 10.2. The molecule has 0 spiro atoms. The van der Waals surface area contributed by atoms with Gasteiger partial charge in [0.15, 0.2) is 0 Å². The molecule has 2 rings (SSSR count). The lowest BCUT2D eigenvalue weighted by Crippen LogP contribution is -2.49. The third-order valence-corrected chi connectivity index (χ3v) is 3.08. The zero-order valence-corrected chi connectivity index (χ0v) is 10.3. The molecule has 0 amide bonds. The topological polar surface area (TPSA) is 58.4 Å². The highest BCUT2D eigenvalue weighted by atomic mass is 35.5. The van der Waals surface area contributed by atoms with Crippen LogP contribution in [0.25, 0.3) is 0 Å². The van der Waals surface area contributed by atoms with E-state index in [0.717, 1.165) is 19.6 Å². The Balaban J connectivity index is 2.33. The number of hydrogen-bond donors (Lipinski definition) is 1. The number of anilines is 1. The van der Waals surface area contributed by atoms with Gasteiger partial charge in [0.05, 0.1) is 4.92 Å². The van der Waals surface area contributed by atoms with Gasteiger partial charge in [0.25, 0.3) is 5.69 Å². The molecule has 1 saturated heterocycles. The highest BCUT2D eigenvalue weighted by Gasteiger charge is 2.23. The molecular formula is C11H14ClN3O2. The second-order valence-electron chi connectivity index (χ2n) is 4.19. The van der Waals surface area contributed by atoms with Crippen LogP contribution in [0.15, 0.2) is 18.2 Å². The Hall–Kier alpha value is -1.33. The van der Waals surface area contributed by atoms with Crippen molar-refractivity contribution in [2.75, 3.05) is 24.5 Å². The second kappa shape index (κ2) is 4.89. The molecule has 0 aromatic heterocycles. The maximum atomic E-state index is 11.0. The zero-order valence-electron chi connectivity index (χ0n) is 9.52. The van der Waals surface area contributed by atoms with Gasteiger partial charge in [-0.3, -0.25) is 10.1 Å². The van der Waals surface area contributed by atoms with Crippen molar-refractivity contribution in [3.63, 3.8) is 0 Å². The SMILES string of the molecule is C[C@@H]1CN(c2ccc(Cl)cc2[N+](=O)[O-])CCN1. The molecule has 1 aromatic carbocycles. The Labute approximate surface area is 105 Å². The van der Waals surface area contributed by atoms with Crippen molar-refractivity contribution >= 4 is 23.0 Å². The summed E-state index contributed by atoms with van der Waals surface area (Å²) >= 11 is 5.79. The van der Waals surface area contributed by atoms with E-state index in [1.165, 1.54) is 6.07 Å². The molecule has 1 aromatic rings. The first kappa shape index (κ1) is 12.1. The minimum atomic E-state index is -0.381. The van der Waals surface area contributed by atoms with Crippen molar-refractivity contribution in [2.24, 2.45) is 0 Å². The van der Waals surface area contributed by atoms with Gasteiger partial charge in [-0.25, -0.2) is 0 Å². The molecular weight excluding hydrogens is 242 g/mol. The summed E-state index contributed by atoms with van der Waals surface area (Å²) in [6.45, 7) is 4.43. The summed E-state index contributed by atoms with van der Waals surface area (Å²) < 4.78 is 0. The molecule has 1 aliphatic heterocycles. The molecule has 92 valence electrons. The van der Waals surface area contributed by atoms with Gasteiger partial charge in [-0.2, -0.15) is 0 Å². The molecule has 1 aliphatic rings. The highest BCUT2D eigenvalue weighted by Crippen LogP contribution is 2.31. The normalized spacial score (nSPS) is 20.4. The molecule has 1 fully saturated rings. The van der Waals surface area contributed by atoms with Crippen molar-refractivity contribution in [1.29, 1.82) is 0 Å². The Bertz CT molecular complexity index is 439. The van der Waals surface area contributed by atoms with Gasteiger partial charge in [0, 0.05) is 36.8 Å². The second-order valence-corrected chi connectivity index (χ2v) is 4.63. The molecule has 1 atom stereocenters. The number of halogens is 1. The summed E-state index contributed by atoms with van der Waals surface area (Å²) in [5.41, 5.74) is 0.722. The van der Waals surface area contributed by atoms with Crippen LogP contribution in [-0.2, 0) is 0 Å². The number of nitrogens with one attached hydrogen (secondary N) is 1. The summed E-state index contributed by atoms with van der Waals surface area (Å²) in [5.74, 6) is 0. The number of benzene rings is 1. The molecule has 5 nitrogen and oxygen atoms in total. The van der Waals surface area contributed by atoms with Gasteiger partial charge < -0.3 is 10.2 Å². The van der Waals surface area contributed by atoms with E-state index in [-0.39, 0.29) is 10.6 Å². The predicted molar refractivity (Wildman–Crippen MR) is 67.8 cm³/mol. The highest BCUT2D eigenvalue weighted by molar-refractivity contribution is 6.30. The fourth-order valence-electron chi connectivity index (χ4n) is 2.06. The fraction of sp³-hybridized carbons (Fsp3) is 0.455. The van der Waals surface area contributed by atoms with Crippen LogP contribution in [0.1, 0.15) is 6.92 Å². The van der Waals surface area contributed by atoms with Crippen LogP contribution in [-0.4, -0.2) is 30.6 Å². The van der Waals surface area contributed by atoms with Crippen LogP contribution in [0.4, 0.5) is 11.4 Å². The Morgan fingerprint density at radius 1 is 1.59 bits per heavy atom. The zero-order chi connectivity index (χ0) is 12.4. The van der Waals surface area contributed by atoms with Crippen molar-refractivity contribution in [3.05, 3.63) is 33.3 Å². The summed E-state index contributed by atoms with van der Waals surface area (Å²) in [6, 6.07) is 5.15. The Morgan fingerprint density at radius 3 is 3.00 bits per heavy atom. The van der Waals surface area contributed by atoms with Gasteiger partial charge in [-0.05, 0) is 19.1 Å². The molecule has 1 N–H and O–H groups in total. The number of rotatable bonds is 2. The molecule has 1 heterocycles. The maximum absolute atomic E-state index is 11.0. The number of nitro groups is 1.